The maximum absolute atomic E-state index is 14.2. The molecule has 13 heteroatoms. The first-order valence-corrected chi connectivity index (χ1v) is 10.9. The molecule has 160 valence electrons. The van der Waals surface area contributed by atoms with Gasteiger partial charge in [-0.15, -0.1) is 0 Å². The highest BCUT2D eigenvalue weighted by Crippen LogP contribution is 2.31. The van der Waals surface area contributed by atoms with Crippen LogP contribution in [0.15, 0.2) is 36.8 Å². The molecule has 0 spiro atoms. The molecule has 0 saturated carbocycles. The highest BCUT2D eigenvalue weighted by molar-refractivity contribution is 7.92. The van der Waals surface area contributed by atoms with Crippen molar-refractivity contribution in [3.63, 3.8) is 0 Å². The van der Waals surface area contributed by atoms with Gasteiger partial charge in [-0.3, -0.25) is 9.40 Å². The molecular weight excluding hydrogens is 437 g/mol. The number of para-hydroxylation sites is 1. The Balaban J connectivity index is 1.83. The van der Waals surface area contributed by atoms with E-state index >= 15 is 0 Å². The van der Waals surface area contributed by atoms with Crippen molar-refractivity contribution >= 4 is 50.5 Å². The number of nitrogens with zero attached hydrogens (tertiary/aromatic N) is 4. The Labute approximate surface area is 177 Å². The van der Waals surface area contributed by atoms with Crippen LogP contribution in [0.2, 0.25) is 5.02 Å². The Morgan fingerprint density at radius 3 is 2.80 bits per heavy atom. The van der Waals surface area contributed by atoms with Crippen LogP contribution in [0.4, 0.5) is 33.2 Å². The fourth-order valence-corrected chi connectivity index (χ4v) is 3.14. The largest absolute Gasteiger partial charge is 0.383 e. The molecule has 0 fully saturated rings. The highest BCUT2D eigenvalue weighted by atomic mass is 35.5. The number of hydrogen-bond acceptors (Lipinski definition) is 8. The predicted molar refractivity (Wildman–Crippen MR) is 113 cm³/mol. The standard InChI is InChI=1S/C17H19ClFN7O3S/c1-29-7-6-26-10-11(8-21-26)22-17-20-9-12(18)16(24-17)23-14-5-3-4-13(19)15(14)25-30(2,27)28/h3-5,8-10,25H,6-7H2,1-2H3,(H2,20,22,23,24). The van der Waals surface area contributed by atoms with Gasteiger partial charge in [-0.25, -0.2) is 17.8 Å². The molecule has 10 nitrogen and oxygen atoms in total. The van der Waals surface area contributed by atoms with Gasteiger partial charge in [0.1, 0.15) is 16.5 Å². The molecule has 2 aromatic heterocycles. The number of ether oxygens (including phenoxy) is 1. The zero-order chi connectivity index (χ0) is 21.7. The van der Waals surface area contributed by atoms with Crippen LogP contribution in [0.5, 0.6) is 0 Å². The van der Waals surface area contributed by atoms with Gasteiger partial charge in [0.25, 0.3) is 0 Å². The molecule has 0 aliphatic rings. The van der Waals surface area contributed by atoms with Gasteiger partial charge in [-0.1, -0.05) is 17.7 Å². The molecule has 0 atom stereocenters. The van der Waals surface area contributed by atoms with Crippen LogP contribution in [0.25, 0.3) is 0 Å². The summed E-state index contributed by atoms with van der Waals surface area (Å²) in [6.07, 6.45) is 5.64. The fourth-order valence-electron chi connectivity index (χ4n) is 2.42. The van der Waals surface area contributed by atoms with Crippen molar-refractivity contribution in [2.45, 2.75) is 6.54 Å². The van der Waals surface area contributed by atoms with Crippen molar-refractivity contribution in [2.24, 2.45) is 0 Å². The summed E-state index contributed by atoms with van der Waals surface area (Å²) in [5.41, 5.74) is 0.535. The lowest BCUT2D eigenvalue weighted by Crippen LogP contribution is -2.13. The first-order chi connectivity index (χ1) is 14.2. The number of sulfonamides is 1. The van der Waals surface area contributed by atoms with Crippen molar-refractivity contribution in [2.75, 3.05) is 35.3 Å². The van der Waals surface area contributed by atoms with Gasteiger partial charge in [-0.2, -0.15) is 10.1 Å². The summed E-state index contributed by atoms with van der Waals surface area (Å²) in [7, 11) is -2.10. The summed E-state index contributed by atoms with van der Waals surface area (Å²) >= 11 is 6.16. The third-order valence-corrected chi connectivity index (χ3v) is 4.56. The smallest absolute Gasteiger partial charge is 0.229 e. The lowest BCUT2D eigenvalue weighted by molar-refractivity contribution is 0.183. The summed E-state index contributed by atoms with van der Waals surface area (Å²) in [5, 5.41) is 10.2. The molecule has 30 heavy (non-hydrogen) atoms. The lowest BCUT2D eigenvalue weighted by Gasteiger charge is -2.14. The third kappa shape index (κ3) is 5.78. The second-order valence-electron chi connectivity index (χ2n) is 6.16. The molecule has 2 heterocycles. The van der Waals surface area contributed by atoms with E-state index in [1.54, 1.807) is 24.2 Å². The molecule has 3 rings (SSSR count). The third-order valence-electron chi connectivity index (χ3n) is 3.71. The molecule has 3 aromatic rings. The van der Waals surface area contributed by atoms with Crippen LogP contribution in [0.3, 0.4) is 0 Å². The maximum Gasteiger partial charge on any atom is 0.229 e. The Morgan fingerprint density at radius 2 is 2.07 bits per heavy atom. The van der Waals surface area contributed by atoms with Crippen LogP contribution in [0, 0.1) is 5.82 Å². The average Bonchev–Trinajstić information content (AvgIpc) is 3.12. The molecular formula is C17H19ClFN7O3S. The Kier molecular flexibility index (Phi) is 6.70. The summed E-state index contributed by atoms with van der Waals surface area (Å²) in [5.74, 6) is -0.386. The predicted octanol–water partition coefficient (Wildman–Crippen LogP) is 2.97. The normalized spacial score (nSPS) is 11.3. The number of halogens is 2. The molecule has 0 radical (unpaired) electrons. The zero-order valence-electron chi connectivity index (χ0n) is 16.1. The molecule has 0 amide bonds. The number of hydrogen-bond donors (Lipinski definition) is 3. The van der Waals surface area contributed by atoms with E-state index in [0.717, 1.165) is 12.3 Å². The van der Waals surface area contributed by atoms with E-state index in [4.69, 9.17) is 16.3 Å². The van der Waals surface area contributed by atoms with Crippen LogP contribution in [-0.4, -0.2) is 48.1 Å². The van der Waals surface area contributed by atoms with Crippen molar-refractivity contribution in [3.05, 3.63) is 47.6 Å². The summed E-state index contributed by atoms with van der Waals surface area (Å²) in [6.45, 7) is 1.10. The van der Waals surface area contributed by atoms with E-state index < -0.39 is 15.8 Å². The second kappa shape index (κ2) is 9.24. The average molecular weight is 456 g/mol. The first kappa shape index (κ1) is 21.7. The Hall–Kier alpha value is -2.96. The number of benzene rings is 1. The SMILES string of the molecule is COCCn1cc(Nc2ncc(Cl)c(Nc3cccc(F)c3NS(C)(=O)=O)n2)cn1. The summed E-state index contributed by atoms with van der Waals surface area (Å²) < 4.78 is 46.2. The number of anilines is 5. The van der Waals surface area contributed by atoms with Gasteiger partial charge in [0, 0.05) is 13.3 Å². The minimum absolute atomic E-state index is 0.138. The Morgan fingerprint density at radius 1 is 1.27 bits per heavy atom. The number of aromatic nitrogens is 4. The molecule has 1 aromatic carbocycles. The summed E-state index contributed by atoms with van der Waals surface area (Å²) in [4.78, 5) is 8.38. The second-order valence-corrected chi connectivity index (χ2v) is 8.32. The maximum atomic E-state index is 14.2. The van der Waals surface area contributed by atoms with E-state index in [1.165, 1.54) is 18.3 Å². The van der Waals surface area contributed by atoms with Crippen molar-refractivity contribution < 1.29 is 17.5 Å². The van der Waals surface area contributed by atoms with Crippen molar-refractivity contribution in [3.8, 4) is 0 Å². The molecule has 0 bridgehead atoms. The number of nitrogens with one attached hydrogen (secondary N) is 3. The molecule has 0 aliphatic carbocycles. The quantitative estimate of drug-likeness (QED) is 0.450. The summed E-state index contributed by atoms with van der Waals surface area (Å²) in [6, 6.07) is 4.05. The van der Waals surface area contributed by atoms with Gasteiger partial charge in [0.05, 0.1) is 43.2 Å². The minimum atomic E-state index is -3.70. The van der Waals surface area contributed by atoms with E-state index in [2.05, 4.69) is 30.4 Å². The van der Waals surface area contributed by atoms with E-state index in [9.17, 15) is 12.8 Å². The molecule has 0 aliphatic heterocycles. The highest BCUT2D eigenvalue weighted by Gasteiger charge is 2.15. The molecule has 3 N–H and O–H groups in total. The zero-order valence-corrected chi connectivity index (χ0v) is 17.6. The molecule has 0 saturated heterocycles. The van der Waals surface area contributed by atoms with Crippen LogP contribution in [-0.2, 0) is 21.3 Å². The fraction of sp³-hybridized carbons (Fsp3) is 0.235. The van der Waals surface area contributed by atoms with E-state index in [1.807, 2.05) is 0 Å². The van der Waals surface area contributed by atoms with Gasteiger partial charge < -0.3 is 15.4 Å². The minimum Gasteiger partial charge on any atom is -0.383 e. The molecule has 0 unspecified atom stereocenters. The monoisotopic (exact) mass is 455 g/mol. The van der Waals surface area contributed by atoms with Crippen LogP contribution in [0.1, 0.15) is 0 Å². The van der Waals surface area contributed by atoms with E-state index in [-0.39, 0.29) is 28.2 Å². The number of rotatable bonds is 9. The van der Waals surface area contributed by atoms with Gasteiger partial charge in [0.2, 0.25) is 16.0 Å². The van der Waals surface area contributed by atoms with Crippen molar-refractivity contribution in [1.82, 2.24) is 19.7 Å². The van der Waals surface area contributed by atoms with Crippen LogP contribution >= 0.6 is 11.6 Å². The van der Waals surface area contributed by atoms with E-state index in [0.29, 0.717) is 18.8 Å². The van der Waals surface area contributed by atoms with Gasteiger partial charge >= 0.3 is 0 Å². The topological polar surface area (TPSA) is 123 Å². The first-order valence-electron chi connectivity index (χ1n) is 8.59. The number of methoxy groups -OCH3 is 1. The lowest BCUT2D eigenvalue weighted by atomic mass is 10.2. The van der Waals surface area contributed by atoms with Crippen molar-refractivity contribution in [1.29, 1.82) is 0 Å². The van der Waals surface area contributed by atoms with Crippen LogP contribution < -0.4 is 15.4 Å². The van der Waals surface area contributed by atoms with Gasteiger partial charge in [0.15, 0.2) is 5.82 Å². The van der Waals surface area contributed by atoms with Gasteiger partial charge in [-0.05, 0) is 12.1 Å². The Bertz CT molecular complexity index is 1140.